The van der Waals surface area contributed by atoms with Crippen LogP contribution in [0.3, 0.4) is 0 Å². The Labute approximate surface area is 71.5 Å². The highest BCUT2D eigenvalue weighted by atomic mass is 16.5. The number of ether oxygens (including phenoxy) is 1. The quantitative estimate of drug-likeness (QED) is 0.519. The van der Waals surface area contributed by atoms with E-state index in [9.17, 15) is 9.59 Å². The number of rotatable bonds is 5. The van der Waals surface area contributed by atoms with Crippen molar-refractivity contribution >= 4 is 11.8 Å². The third kappa shape index (κ3) is 7.01. The maximum Gasteiger partial charge on any atom is 0.239 e. The molecule has 0 fully saturated rings. The molecule has 12 heavy (non-hydrogen) atoms. The van der Waals surface area contributed by atoms with E-state index in [0.29, 0.717) is 13.2 Å². The first kappa shape index (κ1) is 10.9. The molecule has 5 nitrogen and oxygen atoms in total. The molecule has 0 rings (SSSR count). The topological polar surface area (TPSA) is 67.4 Å². The number of amides is 2. The SMILES string of the molecule is COCCNC(=O)CNC(C)=O. The Bertz CT molecular complexity index is 159. The highest BCUT2D eigenvalue weighted by molar-refractivity contribution is 5.83. The molecular weight excluding hydrogens is 160 g/mol. The molecule has 2 amide bonds. The smallest absolute Gasteiger partial charge is 0.239 e. The van der Waals surface area contributed by atoms with Crippen molar-refractivity contribution in [3.05, 3.63) is 0 Å². The second-order valence-electron chi connectivity index (χ2n) is 2.25. The van der Waals surface area contributed by atoms with Crippen LogP contribution in [0.1, 0.15) is 6.92 Å². The maximum absolute atomic E-state index is 10.8. The van der Waals surface area contributed by atoms with E-state index in [1.807, 2.05) is 0 Å². The van der Waals surface area contributed by atoms with Crippen LogP contribution in [-0.2, 0) is 14.3 Å². The van der Waals surface area contributed by atoms with Gasteiger partial charge in [0.15, 0.2) is 0 Å². The Hall–Kier alpha value is -1.10. The minimum Gasteiger partial charge on any atom is -0.383 e. The summed E-state index contributed by atoms with van der Waals surface area (Å²) in [7, 11) is 1.56. The summed E-state index contributed by atoms with van der Waals surface area (Å²) in [4.78, 5) is 21.2. The molecule has 0 aliphatic carbocycles. The van der Waals surface area contributed by atoms with Gasteiger partial charge in [0.1, 0.15) is 0 Å². The summed E-state index contributed by atoms with van der Waals surface area (Å²) in [6.45, 7) is 2.34. The van der Waals surface area contributed by atoms with Gasteiger partial charge in [0.25, 0.3) is 0 Å². The number of methoxy groups -OCH3 is 1. The molecule has 0 aromatic carbocycles. The molecule has 0 aliphatic heterocycles. The van der Waals surface area contributed by atoms with Gasteiger partial charge in [-0.05, 0) is 0 Å². The van der Waals surface area contributed by atoms with Gasteiger partial charge in [-0.25, -0.2) is 0 Å². The van der Waals surface area contributed by atoms with Gasteiger partial charge in [0.05, 0.1) is 13.2 Å². The monoisotopic (exact) mass is 174 g/mol. The summed E-state index contributed by atoms with van der Waals surface area (Å²) in [6.07, 6.45) is 0. The van der Waals surface area contributed by atoms with Gasteiger partial charge in [-0.2, -0.15) is 0 Å². The van der Waals surface area contributed by atoms with Crippen molar-refractivity contribution in [2.75, 3.05) is 26.8 Å². The summed E-state index contributed by atoms with van der Waals surface area (Å²) >= 11 is 0. The van der Waals surface area contributed by atoms with Crippen molar-refractivity contribution in [1.82, 2.24) is 10.6 Å². The highest BCUT2D eigenvalue weighted by Crippen LogP contribution is 1.67. The average Bonchev–Trinajstić information content (AvgIpc) is 2.01. The van der Waals surface area contributed by atoms with E-state index in [-0.39, 0.29) is 18.4 Å². The van der Waals surface area contributed by atoms with E-state index >= 15 is 0 Å². The second-order valence-corrected chi connectivity index (χ2v) is 2.25. The first-order valence-electron chi connectivity index (χ1n) is 3.67. The van der Waals surface area contributed by atoms with Gasteiger partial charge in [0.2, 0.25) is 11.8 Å². The molecule has 0 unspecified atom stereocenters. The summed E-state index contributed by atoms with van der Waals surface area (Å²) in [5, 5.41) is 4.94. The standard InChI is InChI=1S/C7H14N2O3/c1-6(10)9-5-7(11)8-3-4-12-2/h3-5H2,1-2H3,(H,8,11)(H,9,10). The van der Waals surface area contributed by atoms with E-state index in [4.69, 9.17) is 4.74 Å². The van der Waals surface area contributed by atoms with Crippen LogP contribution in [0.15, 0.2) is 0 Å². The molecule has 0 aromatic rings. The minimum absolute atomic E-state index is 0.0268. The second kappa shape index (κ2) is 6.60. The Morgan fingerprint density at radius 3 is 2.50 bits per heavy atom. The van der Waals surface area contributed by atoms with Crippen LogP contribution in [0.25, 0.3) is 0 Å². The van der Waals surface area contributed by atoms with Gasteiger partial charge in [-0.3, -0.25) is 9.59 Å². The molecule has 0 saturated carbocycles. The lowest BCUT2D eigenvalue weighted by Gasteiger charge is -2.03. The van der Waals surface area contributed by atoms with Crippen LogP contribution < -0.4 is 10.6 Å². The van der Waals surface area contributed by atoms with Gasteiger partial charge in [-0.15, -0.1) is 0 Å². The molecule has 0 spiro atoms. The molecule has 0 radical (unpaired) electrons. The summed E-state index contributed by atoms with van der Waals surface area (Å²) in [6, 6.07) is 0. The Kier molecular flexibility index (Phi) is 6.00. The van der Waals surface area contributed by atoms with Gasteiger partial charge in [0, 0.05) is 20.6 Å². The van der Waals surface area contributed by atoms with E-state index in [1.54, 1.807) is 7.11 Å². The third-order valence-electron chi connectivity index (χ3n) is 1.13. The molecule has 5 heteroatoms. The van der Waals surface area contributed by atoms with E-state index in [2.05, 4.69) is 10.6 Å². The van der Waals surface area contributed by atoms with Crippen LogP contribution in [0.2, 0.25) is 0 Å². The number of carbonyl (C=O) groups is 2. The Morgan fingerprint density at radius 1 is 1.33 bits per heavy atom. The Balaban J connectivity index is 3.28. The van der Waals surface area contributed by atoms with Crippen LogP contribution in [-0.4, -0.2) is 38.6 Å². The van der Waals surface area contributed by atoms with Crippen molar-refractivity contribution in [2.45, 2.75) is 6.92 Å². The van der Waals surface area contributed by atoms with Crippen molar-refractivity contribution in [1.29, 1.82) is 0 Å². The first-order chi connectivity index (χ1) is 5.66. The van der Waals surface area contributed by atoms with Gasteiger partial charge < -0.3 is 15.4 Å². The zero-order chi connectivity index (χ0) is 9.40. The minimum atomic E-state index is -0.211. The predicted octanol–water partition coefficient (Wildman–Crippen LogP) is -1.11. The molecule has 0 aromatic heterocycles. The molecule has 0 heterocycles. The van der Waals surface area contributed by atoms with E-state index in [1.165, 1.54) is 6.92 Å². The molecule has 0 bridgehead atoms. The zero-order valence-corrected chi connectivity index (χ0v) is 7.35. The summed E-state index contributed by atoms with van der Waals surface area (Å²) in [5.74, 6) is -0.417. The van der Waals surface area contributed by atoms with Crippen molar-refractivity contribution in [2.24, 2.45) is 0 Å². The van der Waals surface area contributed by atoms with Crippen LogP contribution >= 0.6 is 0 Å². The zero-order valence-electron chi connectivity index (χ0n) is 7.35. The molecule has 70 valence electrons. The van der Waals surface area contributed by atoms with E-state index in [0.717, 1.165) is 0 Å². The molecule has 0 saturated heterocycles. The number of hydrogen-bond donors (Lipinski definition) is 2. The number of nitrogens with one attached hydrogen (secondary N) is 2. The maximum atomic E-state index is 10.8. The third-order valence-corrected chi connectivity index (χ3v) is 1.13. The fourth-order valence-electron chi connectivity index (χ4n) is 0.560. The van der Waals surface area contributed by atoms with Crippen LogP contribution in [0.4, 0.5) is 0 Å². The molecule has 2 N–H and O–H groups in total. The van der Waals surface area contributed by atoms with Crippen molar-refractivity contribution in [3.63, 3.8) is 0 Å². The largest absolute Gasteiger partial charge is 0.383 e. The van der Waals surface area contributed by atoms with E-state index < -0.39 is 0 Å². The first-order valence-corrected chi connectivity index (χ1v) is 3.67. The molecule has 0 atom stereocenters. The lowest BCUT2D eigenvalue weighted by atomic mass is 10.5. The fourth-order valence-corrected chi connectivity index (χ4v) is 0.560. The summed E-state index contributed by atoms with van der Waals surface area (Å²) in [5.41, 5.74) is 0. The Morgan fingerprint density at radius 2 is 2.00 bits per heavy atom. The van der Waals surface area contributed by atoms with Crippen molar-refractivity contribution in [3.8, 4) is 0 Å². The highest BCUT2D eigenvalue weighted by Gasteiger charge is 1.99. The lowest BCUT2D eigenvalue weighted by Crippen LogP contribution is -2.37. The summed E-state index contributed by atoms with van der Waals surface area (Å²) < 4.78 is 4.72. The van der Waals surface area contributed by atoms with Gasteiger partial charge >= 0.3 is 0 Å². The fraction of sp³-hybridized carbons (Fsp3) is 0.714. The van der Waals surface area contributed by atoms with Crippen LogP contribution in [0.5, 0.6) is 0 Å². The number of hydrogen-bond acceptors (Lipinski definition) is 3. The molecular formula is C7H14N2O3. The van der Waals surface area contributed by atoms with Crippen LogP contribution in [0, 0.1) is 0 Å². The molecule has 0 aliphatic rings. The lowest BCUT2D eigenvalue weighted by molar-refractivity contribution is -0.125. The predicted molar refractivity (Wildman–Crippen MR) is 43.6 cm³/mol. The van der Waals surface area contributed by atoms with Gasteiger partial charge in [-0.1, -0.05) is 0 Å². The normalized spacial score (nSPS) is 9.17. The number of carbonyl (C=O) groups excluding carboxylic acids is 2. The average molecular weight is 174 g/mol. The van der Waals surface area contributed by atoms with Crippen molar-refractivity contribution < 1.29 is 14.3 Å².